The summed E-state index contributed by atoms with van der Waals surface area (Å²) < 4.78 is 5.52. The number of benzene rings is 3. The number of carbonyl (C=O) groups is 5. The summed E-state index contributed by atoms with van der Waals surface area (Å²) in [4.78, 5) is 71.4. The first kappa shape index (κ1) is 35.9. The van der Waals surface area contributed by atoms with Crippen LogP contribution in [-0.4, -0.2) is 54.3 Å². The van der Waals surface area contributed by atoms with Gasteiger partial charge in [-0.15, -0.1) is 0 Å². The van der Waals surface area contributed by atoms with Gasteiger partial charge in [-0.3, -0.25) is 14.4 Å². The zero-order chi connectivity index (χ0) is 35.6. The largest absolute Gasteiger partial charge is 0.456 e. The van der Waals surface area contributed by atoms with Gasteiger partial charge in [-0.05, 0) is 88.9 Å². The topological polar surface area (TPSA) is 125 Å². The van der Waals surface area contributed by atoms with Crippen molar-refractivity contribution >= 4 is 46.7 Å². The summed E-state index contributed by atoms with van der Waals surface area (Å²) in [6.07, 6.45) is 0.541. The van der Waals surface area contributed by atoms with Crippen LogP contribution in [0, 0.1) is 26.2 Å². The Morgan fingerprint density at radius 2 is 1.52 bits per heavy atom. The maximum absolute atomic E-state index is 14.4. The van der Waals surface area contributed by atoms with Crippen molar-refractivity contribution < 1.29 is 28.7 Å². The molecule has 4 amide bonds. The number of fused-ring (bicyclic) bond motifs is 1. The number of Topliss-reactive ketones (excluding diaryl/α,β-unsaturated/α-hetero) is 1. The van der Waals surface area contributed by atoms with E-state index in [2.05, 4.69) is 10.6 Å². The average molecular weight is 655 g/mol. The van der Waals surface area contributed by atoms with Crippen LogP contribution in [-0.2, 0) is 14.3 Å². The molecule has 1 atom stereocenters. The molecule has 3 aromatic carbocycles. The average Bonchev–Trinajstić information content (AvgIpc) is 3.11. The molecule has 3 aromatic rings. The standard InChI is InChI=1S/C38H46N4O6/c1-10-38(8,9)35(46)42-21-29(40-36(47)39-26-17-16-25(4)28(20-26)34(45)48-37(5,6)7)33(44)41(31-19-23(2)15-18-30(31)42)22-32(43)27-14-12-11-13-24(27)3/h11-20,29H,10,21-22H2,1-9H3,(H2,39,40,47). The van der Waals surface area contributed by atoms with E-state index in [1.165, 1.54) is 15.9 Å². The molecule has 1 aliphatic rings. The lowest BCUT2D eigenvalue weighted by molar-refractivity contribution is -0.127. The fourth-order valence-electron chi connectivity index (χ4n) is 5.42. The van der Waals surface area contributed by atoms with Gasteiger partial charge >= 0.3 is 12.0 Å². The first-order chi connectivity index (χ1) is 22.4. The van der Waals surface area contributed by atoms with E-state index in [1.807, 2.05) is 52.8 Å². The number of anilines is 3. The summed E-state index contributed by atoms with van der Waals surface area (Å²) in [6, 6.07) is 15.5. The molecule has 1 aliphatic heterocycles. The highest BCUT2D eigenvalue weighted by Gasteiger charge is 2.41. The van der Waals surface area contributed by atoms with Crippen molar-refractivity contribution in [2.24, 2.45) is 5.41 Å². The first-order valence-electron chi connectivity index (χ1n) is 16.2. The quantitative estimate of drug-likeness (QED) is 0.204. The van der Waals surface area contributed by atoms with Gasteiger partial charge in [0.15, 0.2) is 5.78 Å². The Hall–Kier alpha value is -4.99. The number of carbonyl (C=O) groups excluding carboxylic acids is 5. The third kappa shape index (κ3) is 8.10. The van der Waals surface area contributed by atoms with Crippen molar-refractivity contribution in [2.45, 2.75) is 80.4 Å². The van der Waals surface area contributed by atoms with Crippen molar-refractivity contribution in [3.8, 4) is 0 Å². The highest BCUT2D eigenvalue weighted by molar-refractivity contribution is 6.13. The van der Waals surface area contributed by atoms with Crippen LogP contribution in [0.5, 0.6) is 0 Å². The van der Waals surface area contributed by atoms with E-state index in [0.29, 0.717) is 40.2 Å². The summed E-state index contributed by atoms with van der Waals surface area (Å²) in [5.74, 6) is -1.57. The van der Waals surface area contributed by atoms with E-state index in [1.54, 1.807) is 64.1 Å². The molecule has 0 fully saturated rings. The molecule has 0 aliphatic carbocycles. The number of rotatable bonds is 8. The number of aryl methyl sites for hydroxylation is 3. The minimum atomic E-state index is -1.21. The zero-order valence-electron chi connectivity index (χ0n) is 29.3. The van der Waals surface area contributed by atoms with Crippen LogP contribution >= 0.6 is 0 Å². The molecule has 48 heavy (non-hydrogen) atoms. The van der Waals surface area contributed by atoms with Gasteiger partial charge in [0.1, 0.15) is 11.6 Å². The van der Waals surface area contributed by atoms with Crippen LogP contribution in [0.1, 0.15) is 85.4 Å². The Morgan fingerprint density at radius 3 is 2.17 bits per heavy atom. The van der Waals surface area contributed by atoms with Gasteiger partial charge in [0, 0.05) is 16.7 Å². The Morgan fingerprint density at radius 1 is 0.854 bits per heavy atom. The van der Waals surface area contributed by atoms with Crippen molar-refractivity contribution in [1.29, 1.82) is 0 Å². The second-order valence-corrected chi connectivity index (χ2v) is 14.0. The number of ether oxygens (including phenoxy) is 1. The number of nitrogens with one attached hydrogen (secondary N) is 2. The van der Waals surface area contributed by atoms with Crippen LogP contribution in [0.25, 0.3) is 0 Å². The Labute approximate surface area is 282 Å². The maximum Gasteiger partial charge on any atom is 0.338 e. The number of hydrogen-bond donors (Lipinski definition) is 2. The summed E-state index contributed by atoms with van der Waals surface area (Å²) in [6.45, 7) is 15.9. The summed E-state index contributed by atoms with van der Waals surface area (Å²) >= 11 is 0. The summed E-state index contributed by atoms with van der Waals surface area (Å²) in [5, 5.41) is 5.48. The maximum atomic E-state index is 14.4. The highest BCUT2D eigenvalue weighted by atomic mass is 16.6. The number of urea groups is 1. The van der Waals surface area contributed by atoms with Gasteiger partial charge in [0.2, 0.25) is 5.91 Å². The molecule has 0 saturated carbocycles. The number of ketones is 1. The van der Waals surface area contributed by atoms with Crippen molar-refractivity contribution in [1.82, 2.24) is 5.32 Å². The Bertz CT molecular complexity index is 1760. The molecule has 0 radical (unpaired) electrons. The zero-order valence-corrected chi connectivity index (χ0v) is 29.3. The van der Waals surface area contributed by atoms with E-state index in [4.69, 9.17) is 4.74 Å². The van der Waals surface area contributed by atoms with Gasteiger partial charge < -0.3 is 25.2 Å². The van der Waals surface area contributed by atoms with Crippen LogP contribution < -0.4 is 20.4 Å². The van der Waals surface area contributed by atoms with E-state index in [9.17, 15) is 24.0 Å². The second kappa shape index (κ2) is 14.0. The van der Waals surface area contributed by atoms with Crippen LogP contribution in [0.4, 0.5) is 21.9 Å². The van der Waals surface area contributed by atoms with Crippen LogP contribution in [0.2, 0.25) is 0 Å². The lowest BCUT2D eigenvalue weighted by Crippen LogP contribution is -2.55. The predicted octanol–water partition coefficient (Wildman–Crippen LogP) is 6.76. The Kier molecular flexibility index (Phi) is 10.5. The molecule has 2 N–H and O–H groups in total. The smallest absolute Gasteiger partial charge is 0.338 e. The molecule has 1 heterocycles. The van der Waals surface area contributed by atoms with Gasteiger partial charge in [-0.25, -0.2) is 9.59 Å². The van der Waals surface area contributed by atoms with Crippen molar-refractivity contribution in [3.05, 3.63) is 88.5 Å². The monoisotopic (exact) mass is 654 g/mol. The molecule has 254 valence electrons. The molecule has 1 unspecified atom stereocenters. The SMILES string of the molecule is CCC(C)(C)C(=O)N1CC(NC(=O)Nc2ccc(C)c(C(=O)OC(C)(C)C)c2)C(=O)N(CC(=O)c2ccccc2C)c2cc(C)ccc21. The van der Waals surface area contributed by atoms with Crippen LogP contribution in [0.15, 0.2) is 60.7 Å². The van der Waals surface area contributed by atoms with E-state index < -0.39 is 35.0 Å². The van der Waals surface area contributed by atoms with Crippen LogP contribution in [0.3, 0.4) is 0 Å². The molecule has 4 rings (SSSR count). The minimum absolute atomic E-state index is 0.156. The molecule has 10 nitrogen and oxygen atoms in total. The van der Waals surface area contributed by atoms with E-state index >= 15 is 0 Å². The molecule has 0 saturated heterocycles. The third-order valence-corrected chi connectivity index (χ3v) is 8.52. The molecule has 0 aromatic heterocycles. The highest BCUT2D eigenvalue weighted by Crippen LogP contribution is 2.37. The second-order valence-electron chi connectivity index (χ2n) is 14.0. The predicted molar refractivity (Wildman–Crippen MR) is 188 cm³/mol. The Balaban J connectivity index is 1.72. The number of amides is 4. The molecular weight excluding hydrogens is 608 g/mol. The van der Waals surface area contributed by atoms with Crippen molar-refractivity contribution in [3.63, 3.8) is 0 Å². The summed E-state index contributed by atoms with van der Waals surface area (Å²) in [5.41, 5.74) is 2.76. The van der Waals surface area contributed by atoms with Gasteiger partial charge in [-0.1, -0.05) is 57.2 Å². The fourth-order valence-corrected chi connectivity index (χ4v) is 5.42. The number of nitrogens with zero attached hydrogens (tertiary/aromatic N) is 2. The molecule has 0 spiro atoms. The van der Waals surface area contributed by atoms with Crippen molar-refractivity contribution in [2.75, 3.05) is 28.2 Å². The van der Waals surface area contributed by atoms with Gasteiger partial charge in [0.25, 0.3) is 5.91 Å². The lowest BCUT2D eigenvalue weighted by Gasteiger charge is -2.32. The molecular formula is C38H46N4O6. The normalized spacial score (nSPS) is 14.9. The first-order valence-corrected chi connectivity index (χ1v) is 16.2. The van der Waals surface area contributed by atoms with Gasteiger partial charge in [0.05, 0.1) is 30.0 Å². The lowest BCUT2D eigenvalue weighted by atomic mass is 9.88. The number of hydrogen-bond acceptors (Lipinski definition) is 6. The molecule has 10 heteroatoms. The minimum Gasteiger partial charge on any atom is -0.456 e. The van der Waals surface area contributed by atoms with Gasteiger partial charge in [-0.2, -0.15) is 0 Å². The third-order valence-electron chi connectivity index (χ3n) is 8.52. The van der Waals surface area contributed by atoms with E-state index in [0.717, 1.165) is 11.1 Å². The molecule has 0 bridgehead atoms. The number of esters is 1. The fraction of sp³-hybridized carbons (Fsp3) is 0.395. The summed E-state index contributed by atoms with van der Waals surface area (Å²) in [7, 11) is 0. The van der Waals surface area contributed by atoms with E-state index in [-0.39, 0.29) is 24.8 Å².